The summed E-state index contributed by atoms with van der Waals surface area (Å²) in [6.45, 7) is 10.2. The molecule has 0 saturated heterocycles. The van der Waals surface area contributed by atoms with Crippen molar-refractivity contribution in [3.05, 3.63) is 41.5 Å². The third-order valence-electron chi connectivity index (χ3n) is 4.05. The van der Waals surface area contributed by atoms with E-state index in [1.165, 1.54) is 24.1 Å². The fourth-order valence-electron chi connectivity index (χ4n) is 3.26. The Bertz CT molecular complexity index is 445. The lowest BCUT2D eigenvalue weighted by atomic mass is 9.83. The molecule has 2 atom stereocenters. The van der Waals surface area contributed by atoms with Crippen LogP contribution in [0.25, 0.3) is 0 Å². The van der Waals surface area contributed by atoms with E-state index in [9.17, 15) is 0 Å². The summed E-state index contributed by atoms with van der Waals surface area (Å²) in [5, 5.41) is 3.68. The maximum absolute atomic E-state index is 3.68. The topological polar surface area (TPSA) is 12.0 Å². The van der Waals surface area contributed by atoms with Crippen molar-refractivity contribution in [3.63, 3.8) is 0 Å². The van der Waals surface area contributed by atoms with Crippen molar-refractivity contribution >= 4 is 5.69 Å². The van der Waals surface area contributed by atoms with Crippen molar-refractivity contribution in [1.82, 2.24) is 0 Å². The van der Waals surface area contributed by atoms with Crippen molar-refractivity contribution in [2.75, 3.05) is 11.9 Å². The van der Waals surface area contributed by atoms with E-state index in [2.05, 4.69) is 63.4 Å². The molecule has 104 valence electrons. The molecule has 19 heavy (non-hydrogen) atoms. The lowest BCUT2D eigenvalue weighted by Crippen LogP contribution is -2.20. The van der Waals surface area contributed by atoms with Crippen molar-refractivity contribution in [1.29, 1.82) is 0 Å². The summed E-state index contributed by atoms with van der Waals surface area (Å²) in [4.78, 5) is 0. The van der Waals surface area contributed by atoms with Crippen LogP contribution < -0.4 is 5.32 Å². The predicted octanol–water partition coefficient (Wildman–Crippen LogP) is 5.21. The first-order chi connectivity index (χ1) is 9.06. The fourth-order valence-corrected chi connectivity index (χ4v) is 3.26. The molecule has 1 nitrogen and oxygen atoms in total. The third-order valence-corrected chi connectivity index (χ3v) is 4.05. The van der Waals surface area contributed by atoms with Gasteiger partial charge >= 0.3 is 0 Å². The molecule has 1 aliphatic rings. The second-order valence-corrected chi connectivity index (χ2v) is 6.42. The minimum absolute atomic E-state index is 0.579. The molecule has 1 heteroatoms. The predicted molar refractivity (Wildman–Crippen MR) is 84.7 cm³/mol. The molecule has 0 aromatic heterocycles. The standard InChI is InChI=1S/C18H27N/c1-13(2)17-7-5-6-8-18(17)19-12-16-10-14(3)9-15(4)11-16/h5-9,13-14,16,19H,10-12H2,1-4H3. The van der Waals surface area contributed by atoms with Crippen LogP contribution in [0.2, 0.25) is 0 Å². The smallest absolute Gasteiger partial charge is 0.0375 e. The maximum Gasteiger partial charge on any atom is 0.0375 e. The zero-order valence-electron chi connectivity index (χ0n) is 12.7. The minimum atomic E-state index is 0.579. The average Bonchev–Trinajstić information content (AvgIpc) is 2.35. The first kappa shape index (κ1) is 14.2. The Labute approximate surface area is 118 Å². The molecule has 1 aromatic rings. The molecule has 1 N–H and O–H groups in total. The number of hydrogen-bond acceptors (Lipinski definition) is 1. The van der Waals surface area contributed by atoms with E-state index >= 15 is 0 Å². The Morgan fingerprint density at radius 2 is 2.00 bits per heavy atom. The zero-order valence-corrected chi connectivity index (χ0v) is 12.7. The van der Waals surface area contributed by atoms with Gasteiger partial charge in [0.1, 0.15) is 0 Å². The van der Waals surface area contributed by atoms with Gasteiger partial charge in [-0.1, -0.05) is 50.6 Å². The first-order valence-electron chi connectivity index (χ1n) is 7.56. The van der Waals surface area contributed by atoms with E-state index in [1.54, 1.807) is 5.57 Å². The van der Waals surface area contributed by atoms with Crippen LogP contribution in [0.15, 0.2) is 35.9 Å². The minimum Gasteiger partial charge on any atom is -0.385 e. The number of anilines is 1. The normalized spacial score (nSPS) is 23.3. The number of para-hydroxylation sites is 1. The van der Waals surface area contributed by atoms with E-state index in [0.717, 1.165) is 18.4 Å². The van der Waals surface area contributed by atoms with Gasteiger partial charge in [0.15, 0.2) is 0 Å². The summed E-state index contributed by atoms with van der Waals surface area (Å²) in [5.41, 5.74) is 4.30. The molecule has 0 heterocycles. The summed E-state index contributed by atoms with van der Waals surface area (Å²) in [5.74, 6) is 2.09. The Morgan fingerprint density at radius 1 is 1.26 bits per heavy atom. The highest BCUT2D eigenvalue weighted by Gasteiger charge is 2.18. The molecule has 0 amide bonds. The highest BCUT2D eigenvalue weighted by molar-refractivity contribution is 5.52. The van der Waals surface area contributed by atoms with Gasteiger partial charge in [-0.05, 0) is 49.1 Å². The Balaban J connectivity index is 1.98. The number of allylic oxidation sites excluding steroid dienone is 2. The van der Waals surface area contributed by atoms with Gasteiger partial charge in [-0.15, -0.1) is 0 Å². The fraction of sp³-hybridized carbons (Fsp3) is 0.556. The average molecular weight is 257 g/mol. The lowest BCUT2D eigenvalue weighted by Gasteiger charge is -2.26. The molecule has 2 unspecified atom stereocenters. The van der Waals surface area contributed by atoms with Crippen LogP contribution in [0.4, 0.5) is 5.69 Å². The Hall–Kier alpha value is -1.24. The van der Waals surface area contributed by atoms with Crippen LogP contribution in [-0.2, 0) is 0 Å². The van der Waals surface area contributed by atoms with Gasteiger partial charge in [-0.25, -0.2) is 0 Å². The van der Waals surface area contributed by atoms with Crippen LogP contribution >= 0.6 is 0 Å². The zero-order chi connectivity index (χ0) is 13.8. The van der Waals surface area contributed by atoms with Gasteiger partial charge in [-0.3, -0.25) is 0 Å². The van der Waals surface area contributed by atoms with Crippen molar-refractivity contribution < 1.29 is 0 Å². The van der Waals surface area contributed by atoms with Crippen molar-refractivity contribution in [2.45, 2.75) is 46.5 Å². The molecule has 0 spiro atoms. The van der Waals surface area contributed by atoms with E-state index in [4.69, 9.17) is 0 Å². The second kappa shape index (κ2) is 6.27. The highest BCUT2D eigenvalue weighted by Crippen LogP contribution is 2.29. The van der Waals surface area contributed by atoms with Gasteiger partial charge in [0, 0.05) is 12.2 Å². The maximum atomic E-state index is 3.68. The molecule has 1 aliphatic carbocycles. The van der Waals surface area contributed by atoms with Crippen LogP contribution in [0.5, 0.6) is 0 Å². The summed E-state index contributed by atoms with van der Waals surface area (Å²) in [6.07, 6.45) is 4.99. The lowest BCUT2D eigenvalue weighted by molar-refractivity contribution is 0.421. The molecule has 1 aromatic carbocycles. The van der Waals surface area contributed by atoms with Crippen LogP contribution in [0.1, 0.15) is 52.0 Å². The first-order valence-corrected chi connectivity index (χ1v) is 7.56. The van der Waals surface area contributed by atoms with Gasteiger partial charge in [-0.2, -0.15) is 0 Å². The largest absolute Gasteiger partial charge is 0.385 e. The molecule has 2 rings (SSSR count). The Morgan fingerprint density at radius 3 is 2.68 bits per heavy atom. The van der Waals surface area contributed by atoms with Crippen molar-refractivity contribution in [2.24, 2.45) is 11.8 Å². The van der Waals surface area contributed by atoms with Crippen LogP contribution in [0.3, 0.4) is 0 Å². The molecule has 0 bridgehead atoms. The van der Waals surface area contributed by atoms with E-state index < -0.39 is 0 Å². The molecule has 0 fully saturated rings. The number of hydrogen-bond donors (Lipinski definition) is 1. The number of rotatable bonds is 4. The van der Waals surface area contributed by atoms with E-state index in [0.29, 0.717) is 5.92 Å². The number of nitrogens with one attached hydrogen (secondary N) is 1. The summed E-state index contributed by atoms with van der Waals surface area (Å²) < 4.78 is 0. The monoisotopic (exact) mass is 257 g/mol. The van der Waals surface area contributed by atoms with E-state index in [1.807, 2.05) is 0 Å². The summed E-state index contributed by atoms with van der Waals surface area (Å²) in [7, 11) is 0. The van der Waals surface area contributed by atoms with Crippen molar-refractivity contribution in [3.8, 4) is 0 Å². The molecule has 0 radical (unpaired) electrons. The van der Waals surface area contributed by atoms with Crippen LogP contribution in [-0.4, -0.2) is 6.54 Å². The molecule has 0 aliphatic heterocycles. The third kappa shape index (κ3) is 3.86. The quantitative estimate of drug-likeness (QED) is 0.730. The SMILES string of the molecule is CC1=CC(C)CC(CNc2ccccc2C(C)C)C1. The molecular formula is C18H27N. The van der Waals surface area contributed by atoms with Gasteiger partial charge in [0.05, 0.1) is 0 Å². The molecular weight excluding hydrogens is 230 g/mol. The number of benzene rings is 1. The van der Waals surface area contributed by atoms with Gasteiger partial charge in [0.25, 0.3) is 0 Å². The summed E-state index contributed by atoms with van der Waals surface area (Å²) >= 11 is 0. The van der Waals surface area contributed by atoms with Gasteiger partial charge < -0.3 is 5.32 Å². The van der Waals surface area contributed by atoms with E-state index in [-0.39, 0.29) is 0 Å². The second-order valence-electron chi connectivity index (χ2n) is 6.42. The van der Waals surface area contributed by atoms with Gasteiger partial charge in [0.2, 0.25) is 0 Å². The highest BCUT2D eigenvalue weighted by atomic mass is 14.9. The van der Waals surface area contributed by atoms with Crippen LogP contribution in [0, 0.1) is 11.8 Å². The summed E-state index contributed by atoms with van der Waals surface area (Å²) in [6, 6.07) is 8.71. The Kier molecular flexibility index (Phi) is 4.68. The molecule has 0 saturated carbocycles.